The third-order valence-corrected chi connectivity index (χ3v) is 6.69. The van der Waals surface area contributed by atoms with Gasteiger partial charge in [0.15, 0.2) is 0 Å². The van der Waals surface area contributed by atoms with Crippen molar-refractivity contribution in [3.63, 3.8) is 0 Å². The zero-order valence-corrected chi connectivity index (χ0v) is 16.9. The van der Waals surface area contributed by atoms with Crippen LogP contribution in [-0.4, -0.2) is 20.0 Å². The smallest absolute Gasteiger partial charge is 0.280 e. The molecule has 2 N–H and O–H groups in total. The first-order chi connectivity index (χ1) is 14.6. The summed E-state index contributed by atoms with van der Waals surface area (Å²) in [5.41, 5.74) is 2.20. The van der Waals surface area contributed by atoms with Crippen LogP contribution in [0.5, 0.6) is 0 Å². The summed E-state index contributed by atoms with van der Waals surface area (Å²) in [6.45, 7) is 0. The molecule has 0 aromatic heterocycles. The van der Waals surface area contributed by atoms with Crippen molar-refractivity contribution < 1.29 is 26.4 Å². The molecular weight excluding hydrogens is 431 g/mol. The highest BCUT2D eigenvalue weighted by molar-refractivity contribution is 7.92. The van der Waals surface area contributed by atoms with Crippen LogP contribution in [0.25, 0.3) is 0 Å². The van der Waals surface area contributed by atoms with Crippen molar-refractivity contribution in [2.24, 2.45) is 16.9 Å². The monoisotopic (exact) mass is 449 g/mol. The Morgan fingerprint density at radius 2 is 1.87 bits per heavy atom. The second-order valence-electron chi connectivity index (χ2n) is 7.39. The number of fused-ring (bicyclic) bond motifs is 1. The Morgan fingerprint density at radius 3 is 2.61 bits per heavy atom. The highest BCUT2D eigenvalue weighted by atomic mass is 32.2. The van der Waals surface area contributed by atoms with Crippen LogP contribution in [0.1, 0.15) is 28.8 Å². The number of benzene rings is 2. The fourth-order valence-electron chi connectivity index (χ4n) is 3.63. The van der Waals surface area contributed by atoms with Crippen LogP contribution >= 0.6 is 0 Å². The molecule has 31 heavy (non-hydrogen) atoms. The summed E-state index contributed by atoms with van der Waals surface area (Å²) in [5.74, 6) is 0.229. The molecule has 10 heteroatoms. The topological polar surface area (TPSA) is 87.6 Å². The van der Waals surface area contributed by atoms with Crippen molar-refractivity contribution in [2.45, 2.75) is 23.9 Å². The molecule has 6 nitrogen and oxygen atoms in total. The van der Waals surface area contributed by atoms with Gasteiger partial charge in [0, 0.05) is 22.9 Å². The van der Waals surface area contributed by atoms with Crippen LogP contribution in [0.4, 0.5) is 18.9 Å². The van der Waals surface area contributed by atoms with E-state index in [9.17, 15) is 26.4 Å². The molecule has 0 heterocycles. The molecule has 2 aliphatic carbocycles. The number of hydrogen-bond acceptors (Lipinski definition) is 4. The van der Waals surface area contributed by atoms with Gasteiger partial charge in [0.1, 0.15) is 0 Å². The lowest BCUT2D eigenvalue weighted by Gasteiger charge is -2.31. The standard InChI is InChI=1S/C21H18F3N3O3S/c22-21(23,24)15-6-3-7-16(12-15)27-31(29,30)17-8-1-5-14(10-17)20(28)26-25-19-11-13-4-2-9-18(13)19/h1-8,10,12-13,18,27H,9,11H2,(H,26,28)/b25-19+. The minimum absolute atomic E-state index is 0.0664. The van der Waals surface area contributed by atoms with E-state index in [2.05, 4.69) is 27.4 Å². The Hall–Kier alpha value is -3.14. The zero-order valence-electron chi connectivity index (χ0n) is 16.1. The van der Waals surface area contributed by atoms with E-state index in [1.54, 1.807) is 0 Å². The average Bonchev–Trinajstić information content (AvgIpc) is 3.08. The largest absolute Gasteiger partial charge is 0.416 e. The molecule has 1 saturated carbocycles. The third kappa shape index (κ3) is 4.48. The number of halogens is 3. The van der Waals surface area contributed by atoms with Crippen molar-refractivity contribution in [3.8, 4) is 0 Å². The summed E-state index contributed by atoms with van der Waals surface area (Å²) in [6.07, 6.45) is 1.31. The van der Waals surface area contributed by atoms with Crippen molar-refractivity contribution >= 4 is 27.3 Å². The van der Waals surface area contributed by atoms with Gasteiger partial charge in [0.05, 0.1) is 10.5 Å². The lowest BCUT2D eigenvalue weighted by atomic mass is 9.74. The molecule has 2 unspecified atom stereocenters. The number of hydrogen-bond donors (Lipinski definition) is 2. The van der Waals surface area contributed by atoms with Crippen molar-refractivity contribution in [1.82, 2.24) is 5.43 Å². The van der Waals surface area contributed by atoms with Gasteiger partial charge in [-0.05, 0) is 55.2 Å². The lowest BCUT2D eigenvalue weighted by Crippen LogP contribution is -2.35. The number of alkyl halides is 3. The summed E-state index contributed by atoms with van der Waals surface area (Å²) < 4.78 is 65.9. The molecule has 0 bridgehead atoms. The van der Waals surface area contributed by atoms with E-state index >= 15 is 0 Å². The van der Waals surface area contributed by atoms with Gasteiger partial charge in [-0.3, -0.25) is 9.52 Å². The maximum absolute atomic E-state index is 12.9. The van der Waals surface area contributed by atoms with E-state index in [0.717, 1.165) is 36.8 Å². The molecule has 2 aromatic carbocycles. The summed E-state index contributed by atoms with van der Waals surface area (Å²) in [7, 11) is -4.21. The lowest BCUT2D eigenvalue weighted by molar-refractivity contribution is -0.137. The van der Waals surface area contributed by atoms with Gasteiger partial charge in [0.25, 0.3) is 15.9 Å². The molecule has 0 radical (unpaired) electrons. The van der Waals surface area contributed by atoms with E-state index < -0.39 is 27.7 Å². The average molecular weight is 449 g/mol. The zero-order chi connectivity index (χ0) is 22.2. The van der Waals surface area contributed by atoms with Gasteiger partial charge in [-0.2, -0.15) is 18.3 Å². The number of amides is 1. The number of nitrogens with one attached hydrogen (secondary N) is 2. The molecule has 0 aliphatic heterocycles. The number of carbonyl (C=O) groups is 1. The molecule has 0 spiro atoms. The summed E-state index contributed by atoms with van der Waals surface area (Å²) in [6, 6.07) is 9.07. The van der Waals surface area contributed by atoms with E-state index in [1.165, 1.54) is 24.3 Å². The fraction of sp³-hybridized carbons (Fsp3) is 0.238. The maximum Gasteiger partial charge on any atom is 0.416 e. The second-order valence-corrected chi connectivity index (χ2v) is 9.08. The number of allylic oxidation sites excluding steroid dienone is 2. The minimum Gasteiger partial charge on any atom is -0.280 e. The fourth-order valence-corrected chi connectivity index (χ4v) is 4.72. The van der Waals surface area contributed by atoms with Crippen LogP contribution in [0, 0.1) is 11.8 Å². The molecule has 162 valence electrons. The first-order valence-electron chi connectivity index (χ1n) is 9.47. The van der Waals surface area contributed by atoms with Crippen molar-refractivity contribution in [3.05, 3.63) is 71.8 Å². The number of nitrogens with zero attached hydrogens (tertiary/aromatic N) is 1. The normalized spacial score (nSPS) is 21.5. The molecule has 1 fully saturated rings. The first kappa shape index (κ1) is 21.1. The number of anilines is 1. The van der Waals surface area contributed by atoms with E-state index in [0.29, 0.717) is 17.9 Å². The van der Waals surface area contributed by atoms with Gasteiger partial charge in [-0.15, -0.1) is 0 Å². The summed E-state index contributed by atoms with van der Waals surface area (Å²) >= 11 is 0. The highest BCUT2D eigenvalue weighted by Crippen LogP contribution is 2.40. The van der Waals surface area contributed by atoms with Gasteiger partial charge < -0.3 is 0 Å². The third-order valence-electron chi connectivity index (χ3n) is 5.31. The van der Waals surface area contributed by atoms with E-state index in [-0.39, 0.29) is 16.1 Å². The molecule has 2 atom stereocenters. The predicted molar refractivity (Wildman–Crippen MR) is 109 cm³/mol. The number of hydrazone groups is 1. The van der Waals surface area contributed by atoms with Gasteiger partial charge in [-0.1, -0.05) is 24.3 Å². The van der Waals surface area contributed by atoms with Crippen LogP contribution in [-0.2, 0) is 16.2 Å². The molecule has 1 amide bonds. The molecule has 0 saturated heterocycles. The molecule has 2 aromatic rings. The van der Waals surface area contributed by atoms with Crippen LogP contribution in [0.3, 0.4) is 0 Å². The number of rotatable bonds is 5. The van der Waals surface area contributed by atoms with Crippen LogP contribution < -0.4 is 10.1 Å². The van der Waals surface area contributed by atoms with Crippen LogP contribution in [0.15, 0.2) is 70.7 Å². The molecular formula is C21H18F3N3O3S. The Kier molecular flexibility index (Phi) is 5.34. The van der Waals surface area contributed by atoms with Gasteiger partial charge in [0.2, 0.25) is 0 Å². The first-order valence-corrected chi connectivity index (χ1v) is 11.0. The quantitative estimate of drug-likeness (QED) is 0.530. The van der Waals surface area contributed by atoms with Crippen LogP contribution in [0.2, 0.25) is 0 Å². The Bertz CT molecular complexity index is 1190. The Balaban J connectivity index is 1.48. The Labute approximate surface area is 176 Å². The maximum atomic E-state index is 12.9. The highest BCUT2D eigenvalue weighted by Gasteiger charge is 2.38. The predicted octanol–water partition coefficient (Wildman–Crippen LogP) is 4.19. The number of carbonyl (C=O) groups excluding carboxylic acids is 1. The van der Waals surface area contributed by atoms with Gasteiger partial charge in [-0.25, -0.2) is 13.8 Å². The molecule has 4 rings (SSSR count). The van der Waals surface area contributed by atoms with Gasteiger partial charge >= 0.3 is 6.18 Å². The van der Waals surface area contributed by atoms with E-state index in [1.807, 2.05) is 0 Å². The van der Waals surface area contributed by atoms with Crippen molar-refractivity contribution in [1.29, 1.82) is 0 Å². The number of sulfonamides is 1. The summed E-state index contributed by atoms with van der Waals surface area (Å²) in [5, 5.41) is 4.15. The van der Waals surface area contributed by atoms with E-state index in [4.69, 9.17) is 0 Å². The SMILES string of the molecule is O=C(N/N=C1\CC2C=CCC12)c1cccc(S(=O)(=O)Nc2cccc(C(F)(F)F)c2)c1. The minimum atomic E-state index is -4.60. The molecule has 2 aliphatic rings. The van der Waals surface area contributed by atoms with Crippen molar-refractivity contribution in [2.75, 3.05) is 4.72 Å². The summed E-state index contributed by atoms with van der Waals surface area (Å²) in [4.78, 5) is 12.1. The second kappa shape index (κ2) is 7.84. The Morgan fingerprint density at radius 1 is 1.10 bits per heavy atom.